The first-order valence-electron chi connectivity index (χ1n) is 27.4. The van der Waals surface area contributed by atoms with Crippen LogP contribution in [0.15, 0.2) is 132 Å². The highest BCUT2D eigenvalue weighted by Crippen LogP contribution is 2.45. The number of thiazole rings is 1. The summed E-state index contributed by atoms with van der Waals surface area (Å²) in [7, 11) is 10.7. The monoisotopic (exact) mass is 1030 g/mol. The molecule has 0 bridgehead atoms. The molecule has 0 N–H and O–H groups in total. The molecule has 0 saturated heterocycles. The fourth-order valence-electron chi connectivity index (χ4n) is 13.3. The summed E-state index contributed by atoms with van der Waals surface area (Å²) >= 11 is 1.89. The van der Waals surface area contributed by atoms with Crippen LogP contribution in [-0.4, -0.2) is 57.0 Å². The summed E-state index contributed by atoms with van der Waals surface area (Å²) in [6, 6.07) is 42.8. The topological polar surface area (TPSA) is 42.8 Å². The minimum atomic E-state index is 0.110. The molecule has 6 heterocycles. The van der Waals surface area contributed by atoms with Crippen LogP contribution < -0.4 is 9.13 Å². The summed E-state index contributed by atoms with van der Waals surface area (Å²) in [5, 5.41) is 4.18. The van der Waals surface area contributed by atoms with E-state index in [1.54, 1.807) is 0 Å². The molecule has 5 aromatic carbocycles. The van der Waals surface area contributed by atoms with Gasteiger partial charge in [0.1, 0.15) is 39.1 Å². The number of rotatable bonds is 5. The number of aromatic nitrogens is 3. The smallest absolute Gasteiger partial charge is 0.350 e. The predicted molar refractivity (Wildman–Crippen MR) is 319 cm³/mol. The summed E-state index contributed by atoms with van der Waals surface area (Å²) in [5.41, 5.74) is 15.4. The zero-order valence-electron chi connectivity index (χ0n) is 49.5. The summed E-state index contributed by atoms with van der Waals surface area (Å²) in [5.74, 6) is 4.90. The Kier molecular flexibility index (Phi) is 16.8. The zero-order chi connectivity index (χ0) is 55.1. The van der Waals surface area contributed by atoms with Gasteiger partial charge in [-0.05, 0) is 101 Å². The van der Waals surface area contributed by atoms with E-state index in [-0.39, 0.29) is 16.2 Å². The molecule has 8 aromatic rings. The van der Waals surface area contributed by atoms with Crippen LogP contribution in [0.3, 0.4) is 0 Å². The molecule has 8 heteroatoms. The minimum Gasteiger partial charge on any atom is -0.401 e. The van der Waals surface area contributed by atoms with Crippen LogP contribution in [-0.2, 0) is 30.3 Å². The number of pyridine rings is 1. The minimum absolute atomic E-state index is 0.110. The van der Waals surface area contributed by atoms with Gasteiger partial charge in [-0.2, -0.15) is 9.13 Å². The van der Waals surface area contributed by atoms with Crippen molar-refractivity contribution in [1.29, 1.82) is 0 Å². The van der Waals surface area contributed by atoms with Crippen LogP contribution in [0.25, 0.3) is 32.1 Å². The number of aryl methyl sites for hydroxylation is 2. The summed E-state index contributed by atoms with van der Waals surface area (Å²) in [6.07, 6.45) is 1.87. The van der Waals surface area contributed by atoms with Crippen LogP contribution in [0.2, 0.25) is 0 Å². The third kappa shape index (κ3) is 10.7. The van der Waals surface area contributed by atoms with Crippen LogP contribution in [0.1, 0.15) is 150 Å². The molecule has 0 amide bonds. The van der Waals surface area contributed by atoms with E-state index in [1.807, 2.05) is 48.8 Å². The number of oxazole rings is 1. The van der Waals surface area contributed by atoms with Gasteiger partial charge < -0.3 is 4.42 Å². The molecule has 11 rings (SSSR count). The molecule has 3 aliphatic heterocycles. The van der Waals surface area contributed by atoms with E-state index in [9.17, 15) is 0 Å². The molecule has 75 heavy (non-hydrogen) atoms. The average molecular weight is 1030 g/mol. The molecule has 3 aliphatic rings. The first-order valence-corrected chi connectivity index (χ1v) is 28.2. The van der Waals surface area contributed by atoms with E-state index in [4.69, 9.17) is 4.42 Å². The summed E-state index contributed by atoms with van der Waals surface area (Å²) in [4.78, 5) is 4.47. The summed E-state index contributed by atoms with van der Waals surface area (Å²) < 4.78 is 18.5. The highest BCUT2D eigenvalue weighted by atomic mass is 32.1. The van der Waals surface area contributed by atoms with Crippen molar-refractivity contribution in [1.82, 2.24) is 4.98 Å². The number of nitrogens with zero attached hydrogens (tertiary/aromatic N) is 6. The van der Waals surface area contributed by atoms with E-state index < -0.39 is 0 Å². The Morgan fingerprint density at radius 3 is 1.56 bits per heavy atom. The molecule has 0 saturated carbocycles. The van der Waals surface area contributed by atoms with Crippen molar-refractivity contribution in [2.45, 2.75) is 139 Å². The molecule has 0 spiro atoms. The highest BCUT2D eigenvalue weighted by Gasteiger charge is 2.47. The van der Waals surface area contributed by atoms with Gasteiger partial charge in [0.2, 0.25) is 27.5 Å². The SMILES string of the molecule is CC(C)C1=[N+](C)c2ccc3ccccc3c2C1(C)C.CC(C)C1=[N+](C)c2ccccc2C1(C)C.CC(C)C1=[N+](C)c2ncccc2C1(C)C.CC(C)c1oc2ccccc2[n+]1C.CC(C)c1sc2ccccc2[n+]1C. The number of para-hydroxylation sites is 4. The second-order valence-corrected chi connectivity index (χ2v) is 25.1. The lowest BCUT2D eigenvalue weighted by Crippen LogP contribution is -2.32. The molecular formula is C67H89N6OS+5. The fourth-order valence-corrected chi connectivity index (χ4v) is 14.4. The van der Waals surface area contributed by atoms with Gasteiger partial charge in [-0.1, -0.05) is 133 Å². The molecule has 0 atom stereocenters. The van der Waals surface area contributed by atoms with E-state index in [2.05, 4.69) is 264 Å². The van der Waals surface area contributed by atoms with Crippen molar-refractivity contribution >= 4 is 77.8 Å². The van der Waals surface area contributed by atoms with Gasteiger partial charge in [0, 0.05) is 59.1 Å². The third-order valence-corrected chi connectivity index (χ3v) is 17.3. The van der Waals surface area contributed by atoms with Crippen molar-refractivity contribution in [2.24, 2.45) is 31.8 Å². The van der Waals surface area contributed by atoms with Crippen LogP contribution >= 0.6 is 11.3 Å². The highest BCUT2D eigenvalue weighted by molar-refractivity contribution is 7.18. The molecular weight excluding hydrogens is 937 g/mol. The summed E-state index contributed by atoms with van der Waals surface area (Å²) in [6.45, 7) is 36.3. The molecule has 0 unspecified atom stereocenters. The fraction of sp³-hybridized carbons (Fsp3) is 0.433. The van der Waals surface area contributed by atoms with Crippen LogP contribution in [0.5, 0.6) is 0 Å². The van der Waals surface area contributed by atoms with E-state index in [0.29, 0.717) is 29.6 Å². The maximum atomic E-state index is 5.72. The normalized spacial score (nSPS) is 15.8. The Hall–Kier alpha value is -6.12. The molecule has 0 fully saturated rings. The second kappa shape index (κ2) is 22.2. The standard InChI is InChI=1S/C18H22N.C14H20N.C13H19N2.C11H14NO.C11H14NS/c1-12(2)17-18(3,4)16-14-9-7-6-8-13(14)10-11-15(16)19(17)5;1-10(2)13-14(3,4)11-8-6-7-9-12(11)15(13)5;1-9(2)11-13(3,4)10-7-6-8-14-12(10)15(11)5;2*1-8(2)11-12(3)9-6-4-5-7-10(9)13-11/h6-12H,1-5H3;6-10H,1-5H3;6-9H,1-5H3;2*4-8H,1-3H3/q5*+1. The molecule has 7 nitrogen and oxygen atoms in total. The van der Waals surface area contributed by atoms with Crippen molar-refractivity contribution in [3.8, 4) is 0 Å². The lowest BCUT2D eigenvalue weighted by molar-refractivity contribution is -0.659. The Bertz CT molecular complexity index is 3290. The first-order chi connectivity index (χ1) is 35.3. The van der Waals surface area contributed by atoms with Gasteiger partial charge in [-0.3, -0.25) is 0 Å². The number of hydrogen-bond acceptors (Lipinski definition) is 3. The largest absolute Gasteiger partial charge is 0.401 e. The molecule has 3 aromatic heterocycles. The second-order valence-electron chi connectivity index (χ2n) is 24.0. The molecule has 394 valence electrons. The maximum absolute atomic E-state index is 5.72. The number of hydrogen-bond donors (Lipinski definition) is 0. The van der Waals surface area contributed by atoms with Crippen LogP contribution in [0, 0.1) is 17.8 Å². The third-order valence-electron chi connectivity index (χ3n) is 15.8. The molecule has 0 aliphatic carbocycles. The average Bonchev–Trinajstić information content (AvgIpc) is 4.08. The van der Waals surface area contributed by atoms with Gasteiger partial charge in [-0.15, -0.1) is 0 Å². The Morgan fingerprint density at radius 2 is 0.973 bits per heavy atom. The quantitative estimate of drug-likeness (QED) is 0.161. The van der Waals surface area contributed by atoms with Gasteiger partial charge >= 0.3 is 11.7 Å². The van der Waals surface area contributed by atoms with Crippen molar-refractivity contribution in [3.05, 3.63) is 155 Å². The van der Waals surface area contributed by atoms with Crippen molar-refractivity contribution < 1.29 is 27.3 Å². The first kappa shape index (κ1) is 56.6. The van der Waals surface area contributed by atoms with Crippen molar-refractivity contribution in [2.75, 3.05) is 21.1 Å². The lowest BCUT2D eigenvalue weighted by Gasteiger charge is -2.21. The van der Waals surface area contributed by atoms with Crippen LogP contribution in [0.4, 0.5) is 17.2 Å². The van der Waals surface area contributed by atoms with E-state index in [1.165, 1.54) is 71.2 Å². The zero-order valence-corrected chi connectivity index (χ0v) is 50.3. The van der Waals surface area contributed by atoms with E-state index in [0.717, 1.165) is 22.8 Å². The molecule has 0 radical (unpaired) electrons. The predicted octanol–water partition coefficient (Wildman–Crippen LogP) is 15.8. The Labute approximate surface area is 454 Å². The van der Waals surface area contributed by atoms with Gasteiger partial charge in [-0.25, -0.2) is 13.7 Å². The maximum Gasteiger partial charge on any atom is 0.350 e. The van der Waals surface area contributed by atoms with Crippen molar-refractivity contribution in [3.63, 3.8) is 0 Å². The van der Waals surface area contributed by atoms with Gasteiger partial charge in [0.25, 0.3) is 5.52 Å². The number of fused-ring (bicyclic) bond motifs is 7. The van der Waals surface area contributed by atoms with Gasteiger partial charge in [0.15, 0.2) is 11.4 Å². The Balaban J connectivity index is 0.000000138. The number of benzene rings is 5. The van der Waals surface area contributed by atoms with E-state index >= 15 is 0 Å². The lowest BCUT2D eigenvalue weighted by atomic mass is 9.76. The van der Waals surface area contributed by atoms with Gasteiger partial charge in [0.05, 0.1) is 40.5 Å². The Morgan fingerprint density at radius 1 is 0.453 bits per heavy atom.